The fourth-order valence-electron chi connectivity index (χ4n) is 4.32. The van der Waals surface area contributed by atoms with Crippen molar-refractivity contribution in [2.75, 3.05) is 36.4 Å². The van der Waals surface area contributed by atoms with Crippen molar-refractivity contribution in [3.05, 3.63) is 48.9 Å². The molecule has 1 spiro atoms. The van der Waals surface area contributed by atoms with E-state index in [1.807, 2.05) is 6.07 Å². The van der Waals surface area contributed by atoms with E-state index in [0.717, 1.165) is 50.0 Å². The van der Waals surface area contributed by atoms with Gasteiger partial charge < -0.3 is 20.3 Å². The highest BCUT2D eigenvalue weighted by atomic mass is 19.4. The Kier molecular flexibility index (Phi) is 5.49. The number of nitrogens with one attached hydrogen (secondary N) is 2. The number of halogens is 3. The van der Waals surface area contributed by atoms with Crippen molar-refractivity contribution in [3.63, 3.8) is 0 Å². The first-order valence-corrected chi connectivity index (χ1v) is 10.6. The van der Waals surface area contributed by atoms with E-state index in [9.17, 15) is 13.2 Å². The highest BCUT2D eigenvalue weighted by molar-refractivity contribution is 5.65. The minimum Gasteiger partial charge on any atom is -0.406 e. The minimum atomic E-state index is -4.78. The van der Waals surface area contributed by atoms with Gasteiger partial charge in [0.15, 0.2) is 5.82 Å². The maximum Gasteiger partial charge on any atom is 0.573 e. The molecular formula is C22H22F3N7O. The predicted molar refractivity (Wildman–Crippen MR) is 116 cm³/mol. The molecule has 2 aliphatic heterocycles. The molecule has 2 N–H and O–H groups in total. The van der Waals surface area contributed by atoms with E-state index in [4.69, 9.17) is 4.98 Å². The number of piperidine rings is 1. The molecule has 11 heteroatoms. The molecule has 8 nitrogen and oxygen atoms in total. The number of nitrogens with zero attached hydrogens (tertiary/aromatic N) is 5. The zero-order valence-corrected chi connectivity index (χ0v) is 17.6. The molecular weight excluding hydrogens is 435 g/mol. The van der Waals surface area contributed by atoms with Crippen molar-refractivity contribution in [3.8, 4) is 17.1 Å². The number of rotatable bonds is 5. The van der Waals surface area contributed by atoms with E-state index >= 15 is 0 Å². The summed E-state index contributed by atoms with van der Waals surface area (Å²) in [5, 5.41) is 6.46. The van der Waals surface area contributed by atoms with Crippen LogP contribution >= 0.6 is 0 Å². The van der Waals surface area contributed by atoms with Crippen molar-refractivity contribution in [1.29, 1.82) is 0 Å². The van der Waals surface area contributed by atoms with Gasteiger partial charge in [-0.2, -0.15) is 0 Å². The van der Waals surface area contributed by atoms with Crippen LogP contribution in [0, 0.1) is 5.41 Å². The van der Waals surface area contributed by atoms with Crippen LogP contribution in [0.2, 0.25) is 0 Å². The van der Waals surface area contributed by atoms with Crippen LogP contribution in [0.5, 0.6) is 5.75 Å². The fourth-order valence-corrected chi connectivity index (χ4v) is 4.32. The average Bonchev–Trinajstić information content (AvgIpc) is 2.77. The van der Waals surface area contributed by atoms with E-state index in [1.165, 1.54) is 18.7 Å². The van der Waals surface area contributed by atoms with Gasteiger partial charge in [0.25, 0.3) is 0 Å². The third-order valence-electron chi connectivity index (χ3n) is 5.79. The fraction of sp³-hybridized carbons (Fsp3) is 0.364. The van der Waals surface area contributed by atoms with Gasteiger partial charge in [-0.05, 0) is 37.6 Å². The first-order valence-electron chi connectivity index (χ1n) is 10.6. The Balaban J connectivity index is 1.42. The van der Waals surface area contributed by atoms with Crippen LogP contribution in [0.4, 0.5) is 30.6 Å². The topological polar surface area (TPSA) is 88.1 Å². The molecule has 0 saturated carbocycles. The lowest BCUT2D eigenvalue weighted by molar-refractivity contribution is -0.274. The average molecular weight is 457 g/mol. The minimum absolute atomic E-state index is 0.176. The van der Waals surface area contributed by atoms with Crippen LogP contribution in [0.3, 0.4) is 0 Å². The normalized spacial score (nSPS) is 17.5. The Bertz CT molecular complexity index is 1110. The van der Waals surface area contributed by atoms with Crippen molar-refractivity contribution in [2.24, 2.45) is 5.41 Å². The molecule has 0 atom stereocenters. The summed E-state index contributed by atoms with van der Waals surface area (Å²) in [6, 6.07) is 7.75. The van der Waals surface area contributed by atoms with Gasteiger partial charge in [0.05, 0.1) is 0 Å². The molecule has 33 heavy (non-hydrogen) atoms. The number of hydrogen-bond acceptors (Lipinski definition) is 8. The van der Waals surface area contributed by atoms with E-state index in [0.29, 0.717) is 11.6 Å². The van der Waals surface area contributed by atoms with Gasteiger partial charge in [0, 0.05) is 61.3 Å². The van der Waals surface area contributed by atoms with Crippen molar-refractivity contribution >= 4 is 17.5 Å². The molecule has 0 aromatic carbocycles. The highest BCUT2D eigenvalue weighted by Gasteiger charge is 2.44. The molecule has 5 rings (SSSR count). The Morgan fingerprint density at radius 1 is 1.09 bits per heavy atom. The molecule has 3 aromatic heterocycles. The molecule has 0 bridgehead atoms. The summed E-state index contributed by atoms with van der Waals surface area (Å²) < 4.78 is 41.7. The largest absolute Gasteiger partial charge is 0.573 e. The van der Waals surface area contributed by atoms with E-state index in [2.05, 4.69) is 35.2 Å². The lowest BCUT2D eigenvalue weighted by Crippen LogP contribution is -2.62. The SMILES string of the molecule is FC(F)(F)Oc1ccnc(Nc2cc(N3CC4(CCCNC4)C3)nc(-c3cccnc3)n2)c1. The standard InChI is InChI=1S/C22H22F3N7O/c23-22(24,25)33-16-4-8-28-17(9-16)29-18-10-19(31-20(30-18)15-3-1-6-26-11-15)32-13-21(14-32)5-2-7-27-12-21/h1,3-4,6,8-11,27H,2,5,7,12-14H2,(H,28,29,30,31). The van der Waals surface area contributed by atoms with Gasteiger partial charge in [-0.15, -0.1) is 13.2 Å². The van der Waals surface area contributed by atoms with Crippen molar-refractivity contribution < 1.29 is 17.9 Å². The molecule has 0 aliphatic carbocycles. The van der Waals surface area contributed by atoms with Gasteiger partial charge in [0.2, 0.25) is 0 Å². The molecule has 0 unspecified atom stereocenters. The molecule has 2 saturated heterocycles. The van der Waals surface area contributed by atoms with Crippen LogP contribution in [0.25, 0.3) is 11.4 Å². The zero-order chi connectivity index (χ0) is 22.9. The zero-order valence-electron chi connectivity index (χ0n) is 17.6. The Hall–Kier alpha value is -3.47. The summed E-state index contributed by atoms with van der Waals surface area (Å²) in [6.45, 7) is 3.82. The van der Waals surface area contributed by atoms with Gasteiger partial charge in [-0.25, -0.2) is 15.0 Å². The van der Waals surface area contributed by atoms with Crippen LogP contribution in [-0.2, 0) is 0 Å². The summed E-state index contributed by atoms with van der Waals surface area (Å²) in [7, 11) is 0. The van der Waals surface area contributed by atoms with Crippen molar-refractivity contribution in [1.82, 2.24) is 25.3 Å². The van der Waals surface area contributed by atoms with Gasteiger partial charge >= 0.3 is 6.36 Å². The van der Waals surface area contributed by atoms with Crippen molar-refractivity contribution in [2.45, 2.75) is 19.2 Å². The van der Waals surface area contributed by atoms with E-state index in [1.54, 1.807) is 24.5 Å². The van der Waals surface area contributed by atoms with Gasteiger partial charge in [0.1, 0.15) is 23.2 Å². The smallest absolute Gasteiger partial charge is 0.406 e. The molecule has 2 fully saturated rings. The lowest BCUT2D eigenvalue weighted by atomic mass is 9.74. The quantitative estimate of drug-likeness (QED) is 0.599. The predicted octanol–water partition coefficient (Wildman–Crippen LogP) is 3.77. The van der Waals surface area contributed by atoms with Crippen LogP contribution < -0.4 is 20.3 Å². The second-order valence-corrected chi connectivity index (χ2v) is 8.36. The lowest BCUT2D eigenvalue weighted by Gasteiger charge is -2.53. The van der Waals surface area contributed by atoms with Gasteiger partial charge in [-0.1, -0.05) is 0 Å². The summed E-state index contributed by atoms with van der Waals surface area (Å²) >= 11 is 0. The summed E-state index contributed by atoms with van der Waals surface area (Å²) in [5.74, 6) is 1.43. The first-order chi connectivity index (χ1) is 15.9. The number of hydrogen-bond donors (Lipinski definition) is 2. The molecule has 5 heterocycles. The summed E-state index contributed by atoms with van der Waals surface area (Å²) in [5.41, 5.74) is 0.995. The van der Waals surface area contributed by atoms with Crippen LogP contribution in [0.1, 0.15) is 12.8 Å². The summed E-state index contributed by atoms with van der Waals surface area (Å²) in [4.78, 5) is 19.7. The first kappa shape index (κ1) is 21.4. The maximum absolute atomic E-state index is 12.6. The number of ether oxygens (including phenoxy) is 1. The number of aromatic nitrogens is 4. The molecule has 0 amide bonds. The molecule has 2 aliphatic rings. The van der Waals surface area contributed by atoms with Crippen LogP contribution in [0.15, 0.2) is 48.9 Å². The van der Waals surface area contributed by atoms with E-state index < -0.39 is 6.36 Å². The number of pyridine rings is 2. The Morgan fingerprint density at radius 2 is 1.97 bits per heavy atom. The molecule has 0 radical (unpaired) electrons. The second-order valence-electron chi connectivity index (χ2n) is 8.36. The Labute approximate surface area is 188 Å². The number of anilines is 3. The molecule has 172 valence electrons. The highest BCUT2D eigenvalue weighted by Crippen LogP contribution is 2.39. The van der Waals surface area contributed by atoms with Gasteiger partial charge in [-0.3, -0.25) is 4.98 Å². The monoisotopic (exact) mass is 457 g/mol. The molecule has 3 aromatic rings. The summed E-state index contributed by atoms with van der Waals surface area (Å²) in [6.07, 6.45) is 2.13. The van der Waals surface area contributed by atoms with E-state index in [-0.39, 0.29) is 17.0 Å². The Morgan fingerprint density at radius 3 is 2.70 bits per heavy atom. The maximum atomic E-state index is 12.6. The third-order valence-corrected chi connectivity index (χ3v) is 5.79. The number of alkyl halides is 3. The second kappa shape index (κ2) is 8.47. The van der Waals surface area contributed by atoms with Crippen LogP contribution in [-0.4, -0.2) is 52.5 Å². The third kappa shape index (κ3) is 4.98.